The maximum atomic E-state index is 9.11. The Morgan fingerprint density at radius 1 is 1.38 bits per heavy atom. The Balaban J connectivity index is 1.74. The van der Waals surface area contributed by atoms with E-state index in [0.29, 0.717) is 17.9 Å². The normalized spacial score (nSPS) is 15.2. The quantitative estimate of drug-likeness (QED) is 0.666. The zero-order valence-electron chi connectivity index (χ0n) is 13.0. The van der Waals surface area contributed by atoms with Crippen LogP contribution in [0.15, 0.2) is 18.5 Å². The highest BCUT2D eigenvalue weighted by molar-refractivity contribution is 6.34. The number of morpholine rings is 1. The molecule has 3 heterocycles. The van der Waals surface area contributed by atoms with Crippen LogP contribution in [0.1, 0.15) is 5.56 Å². The molecule has 1 saturated heterocycles. The molecule has 0 aromatic carbocycles. The van der Waals surface area contributed by atoms with Crippen molar-refractivity contribution in [2.75, 3.05) is 39.5 Å². The Labute approximate surface area is 138 Å². The maximum absolute atomic E-state index is 9.11. The van der Waals surface area contributed by atoms with Gasteiger partial charge < -0.3 is 24.2 Å². The van der Waals surface area contributed by atoms with Crippen molar-refractivity contribution in [2.45, 2.75) is 0 Å². The summed E-state index contributed by atoms with van der Waals surface area (Å²) >= 11 is 0. The zero-order chi connectivity index (χ0) is 16.9. The third kappa shape index (κ3) is 3.77. The number of hydrogen-bond donors (Lipinski definition) is 2. The third-order valence-electron chi connectivity index (χ3n) is 3.68. The fourth-order valence-corrected chi connectivity index (χ4v) is 2.54. The highest BCUT2D eigenvalue weighted by Crippen LogP contribution is 2.28. The van der Waals surface area contributed by atoms with Gasteiger partial charge in [0.1, 0.15) is 35.3 Å². The first kappa shape index (κ1) is 16.5. The molecule has 10 heteroatoms. The summed E-state index contributed by atoms with van der Waals surface area (Å²) in [6.45, 7) is 4.41. The maximum Gasteiger partial charge on any atom is 0.707 e. The van der Waals surface area contributed by atoms with Gasteiger partial charge in [0.2, 0.25) is 0 Å². The van der Waals surface area contributed by atoms with Crippen LogP contribution in [0.3, 0.4) is 0 Å². The van der Waals surface area contributed by atoms with Gasteiger partial charge in [0.15, 0.2) is 0 Å². The standard InChI is InChI=1S/C14H17BN4O5/c16-8-11-9-17-19-10-12(7-13(14(11)19)24-15(20)21)23-6-3-18-1-4-22-5-2-18/h7,9-10,20-21H,1-6H2. The topological polar surface area (TPSA) is 112 Å². The lowest BCUT2D eigenvalue weighted by molar-refractivity contribution is 0.0322. The highest BCUT2D eigenvalue weighted by Gasteiger charge is 2.19. The number of aromatic nitrogens is 2. The van der Waals surface area contributed by atoms with Crippen molar-refractivity contribution in [1.29, 1.82) is 5.26 Å². The van der Waals surface area contributed by atoms with Gasteiger partial charge in [-0.3, -0.25) is 4.90 Å². The number of rotatable bonds is 6. The lowest BCUT2D eigenvalue weighted by Gasteiger charge is -2.26. The summed E-state index contributed by atoms with van der Waals surface area (Å²) < 4.78 is 17.4. The Morgan fingerprint density at radius 2 is 2.17 bits per heavy atom. The highest BCUT2D eigenvalue weighted by atomic mass is 16.6. The molecule has 1 aliphatic rings. The van der Waals surface area contributed by atoms with E-state index in [0.717, 1.165) is 32.8 Å². The molecule has 3 rings (SSSR count). The van der Waals surface area contributed by atoms with Gasteiger partial charge in [-0.25, -0.2) is 4.52 Å². The summed E-state index contributed by atoms with van der Waals surface area (Å²) in [6, 6.07) is 3.49. The first-order valence-corrected chi connectivity index (χ1v) is 7.54. The summed E-state index contributed by atoms with van der Waals surface area (Å²) in [6.07, 6.45) is 3.00. The van der Waals surface area contributed by atoms with Gasteiger partial charge in [0.05, 0.1) is 25.6 Å². The average Bonchev–Trinajstić information content (AvgIpc) is 2.99. The number of hydrogen-bond acceptors (Lipinski definition) is 8. The monoisotopic (exact) mass is 332 g/mol. The van der Waals surface area contributed by atoms with Crippen molar-refractivity contribution in [3.8, 4) is 17.6 Å². The van der Waals surface area contributed by atoms with Crippen LogP contribution >= 0.6 is 0 Å². The van der Waals surface area contributed by atoms with E-state index in [1.807, 2.05) is 6.07 Å². The predicted molar refractivity (Wildman–Crippen MR) is 83.5 cm³/mol. The van der Waals surface area contributed by atoms with Crippen LogP contribution in [0.5, 0.6) is 11.5 Å². The molecule has 0 atom stereocenters. The van der Waals surface area contributed by atoms with E-state index in [1.165, 1.54) is 16.8 Å². The minimum Gasteiger partial charge on any atom is -0.510 e. The lowest BCUT2D eigenvalue weighted by Crippen LogP contribution is -2.38. The van der Waals surface area contributed by atoms with E-state index < -0.39 is 7.32 Å². The van der Waals surface area contributed by atoms with E-state index in [2.05, 4.69) is 10.00 Å². The van der Waals surface area contributed by atoms with Crippen LogP contribution in [0, 0.1) is 11.3 Å². The summed E-state index contributed by atoms with van der Waals surface area (Å²) in [5, 5.41) is 31.3. The Kier molecular flexibility index (Phi) is 5.17. The van der Waals surface area contributed by atoms with Gasteiger partial charge >= 0.3 is 7.32 Å². The molecule has 0 aliphatic carbocycles. The number of nitriles is 1. The summed E-state index contributed by atoms with van der Waals surface area (Å²) in [7, 11) is -2.00. The van der Waals surface area contributed by atoms with E-state index in [4.69, 9.17) is 29.4 Å². The van der Waals surface area contributed by atoms with E-state index in [-0.39, 0.29) is 11.3 Å². The van der Waals surface area contributed by atoms with Gasteiger partial charge in [0, 0.05) is 25.7 Å². The van der Waals surface area contributed by atoms with Gasteiger partial charge in [-0.05, 0) is 0 Å². The molecule has 0 amide bonds. The second-order valence-corrected chi connectivity index (χ2v) is 5.25. The van der Waals surface area contributed by atoms with Gasteiger partial charge in [-0.15, -0.1) is 0 Å². The van der Waals surface area contributed by atoms with Crippen molar-refractivity contribution in [3.63, 3.8) is 0 Å². The first-order valence-electron chi connectivity index (χ1n) is 7.54. The van der Waals surface area contributed by atoms with E-state index in [9.17, 15) is 0 Å². The van der Waals surface area contributed by atoms with Crippen molar-refractivity contribution in [1.82, 2.24) is 14.5 Å². The van der Waals surface area contributed by atoms with Crippen molar-refractivity contribution in [2.24, 2.45) is 0 Å². The molecule has 2 aromatic heterocycles. The van der Waals surface area contributed by atoms with E-state index >= 15 is 0 Å². The second-order valence-electron chi connectivity index (χ2n) is 5.25. The second kappa shape index (κ2) is 7.50. The molecule has 24 heavy (non-hydrogen) atoms. The molecule has 0 radical (unpaired) electrons. The van der Waals surface area contributed by atoms with Crippen LogP contribution in [0.25, 0.3) is 5.52 Å². The molecule has 0 bridgehead atoms. The molecule has 0 saturated carbocycles. The summed E-state index contributed by atoms with van der Waals surface area (Å²) in [4.78, 5) is 2.23. The molecule has 2 aromatic rings. The summed E-state index contributed by atoms with van der Waals surface area (Å²) in [5.41, 5.74) is 0.622. The summed E-state index contributed by atoms with van der Waals surface area (Å²) in [5.74, 6) is 0.571. The minimum absolute atomic E-state index is 0.114. The average molecular weight is 332 g/mol. The number of fused-ring (bicyclic) bond motifs is 1. The van der Waals surface area contributed by atoms with Crippen molar-refractivity contribution >= 4 is 12.8 Å². The fourth-order valence-electron chi connectivity index (χ4n) is 2.54. The largest absolute Gasteiger partial charge is 0.707 e. The van der Waals surface area contributed by atoms with Crippen molar-refractivity contribution < 1.29 is 24.2 Å². The zero-order valence-corrected chi connectivity index (χ0v) is 13.0. The Bertz CT molecular complexity index is 739. The van der Waals surface area contributed by atoms with Crippen LogP contribution < -0.4 is 9.39 Å². The molecular weight excluding hydrogens is 315 g/mol. The molecule has 1 aliphatic heterocycles. The van der Waals surface area contributed by atoms with Crippen LogP contribution in [0.4, 0.5) is 0 Å². The smallest absolute Gasteiger partial charge is 0.510 e. The van der Waals surface area contributed by atoms with Gasteiger partial charge in [-0.2, -0.15) is 10.4 Å². The minimum atomic E-state index is -2.00. The van der Waals surface area contributed by atoms with Crippen LogP contribution in [-0.4, -0.2) is 71.3 Å². The predicted octanol–water partition coefficient (Wildman–Crippen LogP) is -0.735. The molecule has 9 nitrogen and oxygen atoms in total. The third-order valence-corrected chi connectivity index (χ3v) is 3.68. The van der Waals surface area contributed by atoms with Crippen LogP contribution in [0.2, 0.25) is 0 Å². The Morgan fingerprint density at radius 3 is 2.88 bits per heavy atom. The fraction of sp³-hybridized carbons (Fsp3) is 0.429. The molecule has 0 unspecified atom stereocenters. The molecular formula is C14H17BN4O5. The van der Waals surface area contributed by atoms with Gasteiger partial charge in [0.25, 0.3) is 0 Å². The number of ether oxygens (including phenoxy) is 2. The van der Waals surface area contributed by atoms with Gasteiger partial charge in [-0.1, -0.05) is 0 Å². The van der Waals surface area contributed by atoms with E-state index in [1.54, 1.807) is 6.20 Å². The molecule has 2 N–H and O–H groups in total. The number of nitrogens with zero attached hydrogens (tertiary/aromatic N) is 4. The number of pyridine rings is 1. The SMILES string of the molecule is N#Cc1cnn2cc(OCCN3CCOCC3)cc(OB(O)O)c12. The molecule has 0 spiro atoms. The first-order chi connectivity index (χ1) is 11.7. The molecule has 126 valence electrons. The lowest BCUT2D eigenvalue weighted by atomic mass is 10.2. The van der Waals surface area contributed by atoms with Crippen LogP contribution in [-0.2, 0) is 4.74 Å². The molecule has 1 fully saturated rings. The Hall–Kier alpha value is -2.32. The van der Waals surface area contributed by atoms with Crippen molar-refractivity contribution in [3.05, 3.63) is 24.0 Å².